The maximum atomic E-state index is 13.8. The lowest BCUT2D eigenvalue weighted by molar-refractivity contribution is 0.324. The average molecular weight is 373 g/mol. The summed E-state index contributed by atoms with van der Waals surface area (Å²) in [5.41, 5.74) is 0.840. The molecule has 0 saturated carbocycles. The van der Waals surface area contributed by atoms with Gasteiger partial charge >= 0.3 is 0 Å². The van der Waals surface area contributed by atoms with E-state index in [1.807, 2.05) is 0 Å². The quantitative estimate of drug-likeness (QED) is 0.699. The van der Waals surface area contributed by atoms with Crippen molar-refractivity contribution in [1.82, 2.24) is 9.97 Å². The zero-order chi connectivity index (χ0) is 19.4. The molecule has 1 aromatic heterocycles. The Morgan fingerprint density at radius 2 is 1.52 bits per heavy atom. The van der Waals surface area contributed by atoms with E-state index in [1.54, 1.807) is 18.2 Å². The van der Waals surface area contributed by atoms with E-state index in [4.69, 9.17) is 14.2 Å². The molecule has 140 valence electrons. The number of rotatable bonds is 6. The fourth-order valence-electron chi connectivity index (χ4n) is 2.54. The zero-order valence-corrected chi connectivity index (χ0v) is 14.9. The number of para-hydroxylation sites is 1. The lowest BCUT2D eigenvalue weighted by Gasteiger charge is -2.14. The summed E-state index contributed by atoms with van der Waals surface area (Å²) < 4.78 is 43.6. The molecule has 1 N–H and O–H groups in total. The standard InChI is InChI=1S/C19H17F2N3O3/c1-25-15-9-11(10-16(26-2)18(15)27-3)14-7-8-22-19(23-14)24-17-12(20)5-4-6-13(17)21/h4-10H,1-3H3,(H,22,23,24). The lowest BCUT2D eigenvalue weighted by atomic mass is 10.1. The highest BCUT2D eigenvalue weighted by molar-refractivity contribution is 5.69. The van der Waals surface area contributed by atoms with Crippen LogP contribution in [0.2, 0.25) is 0 Å². The highest BCUT2D eigenvalue weighted by Gasteiger charge is 2.16. The van der Waals surface area contributed by atoms with Crippen LogP contribution in [0.1, 0.15) is 0 Å². The van der Waals surface area contributed by atoms with E-state index in [-0.39, 0.29) is 11.6 Å². The van der Waals surface area contributed by atoms with Gasteiger partial charge in [-0.1, -0.05) is 6.07 Å². The molecule has 0 unspecified atom stereocenters. The van der Waals surface area contributed by atoms with Gasteiger partial charge in [-0.15, -0.1) is 0 Å². The molecule has 27 heavy (non-hydrogen) atoms. The first-order valence-corrected chi connectivity index (χ1v) is 7.91. The van der Waals surface area contributed by atoms with Crippen LogP contribution in [-0.4, -0.2) is 31.3 Å². The third kappa shape index (κ3) is 3.74. The fourth-order valence-corrected chi connectivity index (χ4v) is 2.54. The molecule has 2 aromatic carbocycles. The van der Waals surface area contributed by atoms with Gasteiger partial charge in [-0.05, 0) is 30.3 Å². The number of nitrogens with zero attached hydrogens (tertiary/aromatic N) is 2. The van der Waals surface area contributed by atoms with E-state index in [1.165, 1.54) is 33.6 Å². The van der Waals surface area contributed by atoms with Gasteiger partial charge in [0, 0.05) is 11.8 Å². The minimum Gasteiger partial charge on any atom is -0.493 e. The summed E-state index contributed by atoms with van der Waals surface area (Å²) in [6.07, 6.45) is 1.48. The van der Waals surface area contributed by atoms with Crippen molar-refractivity contribution in [1.29, 1.82) is 0 Å². The van der Waals surface area contributed by atoms with Gasteiger partial charge in [-0.25, -0.2) is 18.7 Å². The van der Waals surface area contributed by atoms with Gasteiger partial charge in [0.1, 0.15) is 17.3 Å². The number of nitrogens with one attached hydrogen (secondary N) is 1. The van der Waals surface area contributed by atoms with Crippen LogP contribution in [0.3, 0.4) is 0 Å². The van der Waals surface area contributed by atoms with Gasteiger partial charge in [-0.3, -0.25) is 0 Å². The molecule has 0 amide bonds. The summed E-state index contributed by atoms with van der Waals surface area (Å²) >= 11 is 0. The summed E-state index contributed by atoms with van der Waals surface area (Å²) in [6, 6.07) is 8.67. The minimum atomic E-state index is -0.739. The molecule has 0 radical (unpaired) electrons. The predicted molar refractivity (Wildman–Crippen MR) is 96.8 cm³/mol. The van der Waals surface area contributed by atoms with E-state index < -0.39 is 11.6 Å². The Morgan fingerprint density at radius 1 is 0.889 bits per heavy atom. The molecule has 3 aromatic rings. The molecule has 3 rings (SSSR count). The second kappa shape index (κ2) is 7.86. The van der Waals surface area contributed by atoms with E-state index in [2.05, 4.69) is 15.3 Å². The summed E-state index contributed by atoms with van der Waals surface area (Å²) in [5.74, 6) is -0.0661. The van der Waals surface area contributed by atoms with Crippen LogP contribution in [0.15, 0.2) is 42.6 Å². The largest absolute Gasteiger partial charge is 0.493 e. The van der Waals surface area contributed by atoms with Crippen LogP contribution in [0.25, 0.3) is 11.3 Å². The molecular formula is C19H17F2N3O3. The van der Waals surface area contributed by atoms with Crippen molar-refractivity contribution in [3.8, 4) is 28.5 Å². The van der Waals surface area contributed by atoms with Crippen LogP contribution in [0, 0.1) is 11.6 Å². The van der Waals surface area contributed by atoms with Crippen molar-refractivity contribution in [2.75, 3.05) is 26.6 Å². The third-order valence-corrected chi connectivity index (χ3v) is 3.82. The molecular weight excluding hydrogens is 356 g/mol. The Hall–Kier alpha value is -3.42. The van der Waals surface area contributed by atoms with Crippen LogP contribution < -0.4 is 19.5 Å². The lowest BCUT2D eigenvalue weighted by Crippen LogP contribution is -2.02. The third-order valence-electron chi connectivity index (χ3n) is 3.82. The summed E-state index contributed by atoms with van der Waals surface area (Å²) in [7, 11) is 4.53. The Kier molecular flexibility index (Phi) is 5.35. The summed E-state index contributed by atoms with van der Waals surface area (Å²) in [4.78, 5) is 8.34. The average Bonchev–Trinajstić information content (AvgIpc) is 2.69. The van der Waals surface area contributed by atoms with Crippen molar-refractivity contribution in [2.24, 2.45) is 0 Å². The first-order valence-electron chi connectivity index (χ1n) is 7.91. The van der Waals surface area contributed by atoms with Crippen LogP contribution >= 0.6 is 0 Å². The van der Waals surface area contributed by atoms with Crippen molar-refractivity contribution < 1.29 is 23.0 Å². The highest BCUT2D eigenvalue weighted by Crippen LogP contribution is 2.40. The number of benzene rings is 2. The molecule has 0 aliphatic heterocycles. The Labute approximate surface area is 154 Å². The van der Waals surface area contributed by atoms with Crippen molar-refractivity contribution in [2.45, 2.75) is 0 Å². The Bertz CT molecular complexity index is 921. The first-order chi connectivity index (χ1) is 13.1. The Balaban J connectivity index is 2.01. The molecule has 0 aliphatic rings. The molecule has 0 aliphatic carbocycles. The predicted octanol–water partition coefficient (Wildman–Crippen LogP) is 4.19. The molecule has 1 heterocycles. The first kappa shape index (κ1) is 18.4. The number of methoxy groups -OCH3 is 3. The Morgan fingerprint density at radius 3 is 2.07 bits per heavy atom. The minimum absolute atomic E-state index is 0.0465. The molecule has 0 bridgehead atoms. The second-order valence-corrected chi connectivity index (χ2v) is 5.40. The van der Waals surface area contributed by atoms with Crippen molar-refractivity contribution >= 4 is 11.6 Å². The van der Waals surface area contributed by atoms with Gasteiger partial charge in [0.15, 0.2) is 11.5 Å². The smallest absolute Gasteiger partial charge is 0.227 e. The van der Waals surface area contributed by atoms with Crippen molar-refractivity contribution in [3.63, 3.8) is 0 Å². The van der Waals surface area contributed by atoms with Crippen molar-refractivity contribution in [3.05, 3.63) is 54.2 Å². The molecule has 0 saturated heterocycles. The number of hydrogen-bond acceptors (Lipinski definition) is 6. The normalized spacial score (nSPS) is 10.4. The molecule has 0 spiro atoms. The SMILES string of the molecule is COc1cc(-c2ccnc(Nc3c(F)cccc3F)n2)cc(OC)c1OC. The van der Waals surface area contributed by atoms with Gasteiger partial charge in [0.2, 0.25) is 11.7 Å². The molecule has 0 atom stereocenters. The molecule has 6 nitrogen and oxygen atoms in total. The van der Waals surface area contributed by atoms with E-state index in [0.717, 1.165) is 12.1 Å². The molecule has 0 fully saturated rings. The topological polar surface area (TPSA) is 65.5 Å². The number of ether oxygens (including phenoxy) is 3. The zero-order valence-electron chi connectivity index (χ0n) is 14.9. The van der Waals surface area contributed by atoms with Crippen LogP contribution in [0.5, 0.6) is 17.2 Å². The number of hydrogen-bond donors (Lipinski definition) is 1. The highest BCUT2D eigenvalue weighted by atomic mass is 19.1. The maximum absolute atomic E-state index is 13.8. The molecule has 8 heteroatoms. The van der Waals surface area contributed by atoms with E-state index in [0.29, 0.717) is 28.5 Å². The van der Waals surface area contributed by atoms with Crippen LogP contribution in [0.4, 0.5) is 20.4 Å². The van der Waals surface area contributed by atoms with E-state index >= 15 is 0 Å². The van der Waals surface area contributed by atoms with Gasteiger partial charge in [-0.2, -0.15) is 0 Å². The van der Waals surface area contributed by atoms with Gasteiger partial charge in [0.05, 0.1) is 27.0 Å². The summed E-state index contributed by atoms with van der Waals surface area (Å²) in [5, 5.41) is 2.57. The van der Waals surface area contributed by atoms with Gasteiger partial charge in [0.25, 0.3) is 0 Å². The number of aromatic nitrogens is 2. The summed E-state index contributed by atoms with van der Waals surface area (Å²) in [6.45, 7) is 0. The maximum Gasteiger partial charge on any atom is 0.227 e. The van der Waals surface area contributed by atoms with E-state index in [9.17, 15) is 8.78 Å². The number of anilines is 2. The second-order valence-electron chi connectivity index (χ2n) is 5.40. The van der Waals surface area contributed by atoms with Crippen LogP contribution in [-0.2, 0) is 0 Å². The fraction of sp³-hybridized carbons (Fsp3) is 0.158. The number of halogens is 2. The van der Waals surface area contributed by atoms with Gasteiger partial charge < -0.3 is 19.5 Å². The monoisotopic (exact) mass is 373 g/mol.